The van der Waals surface area contributed by atoms with Gasteiger partial charge in [-0.05, 0) is 41.5 Å². The molecule has 1 saturated heterocycles. The number of Topliss-reactive ketones (excluding diaryl/α,β-unsaturated/α-hetero) is 1. The van der Waals surface area contributed by atoms with E-state index in [1.165, 1.54) is 24.1 Å². The Labute approximate surface area is 178 Å². The van der Waals surface area contributed by atoms with Crippen LogP contribution >= 0.6 is 0 Å². The molecule has 4 rings (SSSR count). The highest BCUT2D eigenvalue weighted by Crippen LogP contribution is 2.41. The second kappa shape index (κ2) is 8.31. The number of nitrogens with zero attached hydrogens (tertiary/aromatic N) is 2. The van der Waals surface area contributed by atoms with Gasteiger partial charge in [0.05, 0.1) is 18.7 Å². The van der Waals surface area contributed by atoms with Gasteiger partial charge in [0.2, 0.25) is 0 Å². The number of aliphatic hydroxyl groups is 1. The quantitative estimate of drug-likeness (QED) is 0.376. The van der Waals surface area contributed by atoms with Crippen LogP contribution in [0.1, 0.15) is 22.7 Å². The van der Waals surface area contributed by atoms with E-state index >= 15 is 0 Å². The lowest BCUT2D eigenvalue weighted by molar-refractivity contribution is -0.140. The first-order chi connectivity index (χ1) is 15.0. The minimum absolute atomic E-state index is 0.00848. The van der Waals surface area contributed by atoms with E-state index in [4.69, 9.17) is 4.74 Å². The van der Waals surface area contributed by atoms with Crippen LogP contribution in [-0.4, -0.2) is 38.9 Å². The summed E-state index contributed by atoms with van der Waals surface area (Å²) < 4.78 is 5.21. The zero-order valence-corrected chi connectivity index (χ0v) is 16.7. The number of carbonyl (C=O) groups excluding carboxylic acids is 2. The Morgan fingerprint density at radius 1 is 1.10 bits per heavy atom. The SMILES string of the molecule is COc1cccc(C(O)=C2C(=O)C(=O)N(Cc3cccnc3)C2c2cccc(O)c2)c1. The van der Waals surface area contributed by atoms with Crippen LogP contribution in [0.25, 0.3) is 5.76 Å². The Morgan fingerprint density at radius 2 is 1.90 bits per heavy atom. The number of ketones is 1. The number of ether oxygens (including phenoxy) is 1. The van der Waals surface area contributed by atoms with Gasteiger partial charge in [0.15, 0.2) is 0 Å². The molecule has 2 aromatic carbocycles. The van der Waals surface area contributed by atoms with Crippen LogP contribution in [0.15, 0.2) is 78.6 Å². The molecule has 1 unspecified atom stereocenters. The monoisotopic (exact) mass is 416 g/mol. The number of aromatic hydroxyl groups is 1. The van der Waals surface area contributed by atoms with Gasteiger partial charge in [-0.15, -0.1) is 0 Å². The van der Waals surface area contributed by atoms with Crippen molar-refractivity contribution in [1.82, 2.24) is 9.88 Å². The van der Waals surface area contributed by atoms with Gasteiger partial charge >= 0.3 is 0 Å². The van der Waals surface area contributed by atoms with Crippen molar-refractivity contribution in [3.8, 4) is 11.5 Å². The van der Waals surface area contributed by atoms with Crippen LogP contribution in [0, 0.1) is 0 Å². The number of phenols is 1. The summed E-state index contributed by atoms with van der Waals surface area (Å²) in [7, 11) is 1.50. The van der Waals surface area contributed by atoms with E-state index < -0.39 is 17.7 Å². The third kappa shape index (κ3) is 3.85. The van der Waals surface area contributed by atoms with Crippen LogP contribution in [0.2, 0.25) is 0 Å². The van der Waals surface area contributed by atoms with Gasteiger partial charge in [-0.25, -0.2) is 0 Å². The number of pyridine rings is 1. The van der Waals surface area contributed by atoms with E-state index in [-0.39, 0.29) is 23.6 Å². The average Bonchev–Trinajstić information content (AvgIpc) is 3.04. The number of benzene rings is 2. The maximum atomic E-state index is 13.0. The normalized spacial score (nSPS) is 17.7. The molecule has 0 bridgehead atoms. The van der Waals surface area contributed by atoms with Crippen molar-refractivity contribution in [2.24, 2.45) is 0 Å². The molecule has 3 aromatic rings. The zero-order valence-electron chi connectivity index (χ0n) is 16.7. The molecular weight excluding hydrogens is 396 g/mol. The second-order valence-corrected chi connectivity index (χ2v) is 7.12. The Hall–Kier alpha value is -4.13. The maximum Gasteiger partial charge on any atom is 0.295 e. The number of carbonyl (C=O) groups is 2. The standard InChI is InChI=1S/C24H20N2O5/c1-31-19-9-3-7-17(12-19)22(28)20-21(16-6-2-8-18(27)11-16)26(24(30)23(20)29)14-15-5-4-10-25-13-15/h2-13,21,27-28H,14H2,1H3. The molecule has 7 heteroatoms. The van der Waals surface area contributed by atoms with E-state index in [0.717, 1.165) is 5.56 Å². The van der Waals surface area contributed by atoms with Crippen molar-refractivity contribution in [1.29, 1.82) is 0 Å². The van der Waals surface area contributed by atoms with Gasteiger partial charge in [-0.3, -0.25) is 14.6 Å². The first-order valence-electron chi connectivity index (χ1n) is 9.60. The van der Waals surface area contributed by atoms with Crippen LogP contribution < -0.4 is 4.74 Å². The van der Waals surface area contributed by atoms with E-state index in [1.54, 1.807) is 60.9 Å². The third-order valence-electron chi connectivity index (χ3n) is 5.14. The molecule has 0 spiro atoms. The molecule has 2 heterocycles. The van der Waals surface area contributed by atoms with Gasteiger partial charge in [-0.1, -0.05) is 30.3 Å². The lowest BCUT2D eigenvalue weighted by Gasteiger charge is -2.25. The zero-order chi connectivity index (χ0) is 22.0. The topological polar surface area (TPSA) is 100.0 Å². The van der Waals surface area contributed by atoms with E-state index in [2.05, 4.69) is 4.98 Å². The first-order valence-corrected chi connectivity index (χ1v) is 9.60. The van der Waals surface area contributed by atoms with Gasteiger partial charge in [0.25, 0.3) is 11.7 Å². The smallest absolute Gasteiger partial charge is 0.295 e. The number of hydrogen-bond acceptors (Lipinski definition) is 6. The summed E-state index contributed by atoms with van der Waals surface area (Å²) >= 11 is 0. The van der Waals surface area contributed by atoms with Gasteiger partial charge in [0.1, 0.15) is 17.3 Å². The minimum Gasteiger partial charge on any atom is -0.508 e. The Bertz CT molecular complexity index is 1170. The number of methoxy groups -OCH3 is 1. The largest absolute Gasteiger partial charge is 0.508 e. The van der Waals surface area contributed by atoms with E-state index in [9.17, 15) is 19.8 Å². The van der Waals surface area contributed by atoms with E-state index in [1.807, 2.05) is 0 Å². The number of phenolic OH excluding ortho intramolecular Hbond substituents is 1. The fourth-order valence-corrected chi connectivity index (χ4v) is 3.70. The van der Waals surface area contributed by atoms with Crippen LogP contribution in [-0.2, 0) is 16.1 Å². The number of amides is 1. The molecule has 1 amide bonds. The molecule has 1 aromatic heterocycles. The summed E-state index contributed by atoms with van der Waals surface area (Å²) in [5.74, 6) is -1.34. The lowest BCUT2D eigenvalue weighted by atomic mass is 9.95. The van der Waals surface area contributed by atoms with Gasteiger partial charge < -0.3 is 19.8 Å². The highest BCUT2D eigenvalue weighted by Gasteiger charge is 2.46. The second-order valence-electron chi connectivity index (χ2n) is 7.12. The Balaban J connectivity index is 1.87. The average molecular weight is 416 g/mol. The summed E-state index contributed by atoms with van der Waals surface area (Å²) in [6.07, 6.45) is 3.23. The molecule has 2 N–H and O–H groups in total. The summed E-state index contributed by atoms with van der Waals surface area (Å²) in [6, 6.07) is 15.6. The summed E-state index contributed by atoms with van der Waals surface area (Å²) in [4.78, 5) is 31.4. The maximum absolute atomic E-state index is 13.0. The van der Waals surface area contributed by atoms with Crippen molar-refractivity contribution in [3.63, 3.8) is 0 Å². The molecule has 1 fully saturated rings. The Morgan fingerprint density at radius 3 is 2.61 bits per heavy atom. The van der Waals surface area contributed by atoms with Crippen molar-refractivity contribution in [2.45, 2.75) is 12.6 Å². The summed E-state index contributed by atoms with van der Waals surface area (Å²) in [5.41, 5.74) is 1.54. The molecule has 0 radical (unpaired) electrons. The predicted octanol–water partition coefficient (Wildman–Crippen LogP) is 3.42. The number of aliphatic hydroxyl groups excluding tert-OH is 1. The molecule has 0 saturated carbocycles. The molecule has 7 nitrogen and oxygen atoms in total. The van der Waals surface area contributed by atoms with E-state index in [0.29, 0.717) is 16.9 Å². The van der Waals surface area contributed by atoms with Gasteiger partial charge in [-0.2, -0.15) is 0 Å². The third-order valence-corrected chi connectivity index (χ3v) is 5.14. The highest BCUT2D eigenvalue weighted by atomic mass is 16.5. The minimum atomic E-state index is -0.876. The highest BCUT2D eigenvalue weighted by molar-refractivity contribution is 6.46. The Kier molecular flexibility index (Phi) is 5.41. The number of aromatic nitrogens is 1. The molecule has 156 valence electrons. The number of likely N-dealkylation sites (tertiary alicyclic amines) is 1. The molecular formula is C24H20N2O5. The van der Waals surface area contributed by atoms with Crippen LogP contribution in [0.4, 0.5) is 0 Å². The molecule has 1 aliphatic rings. The number of hydrogen-bond donors (Lipinski definition) is 2. The van der Waals surface area contributed by atoms with Crippen LogP contribution in [0.3, 0.4) is 0 Å². The van der Waals surface area contributed by atoms with Crippen LogP contribution in [0.5, 0.6) is 11.5 Å². The van der Waals surface area contributed by atoms with Crippen molar-refractivity contribution >= 4 is 17.4 Å². The molecule has 31 heavy (non-hydrogen) atoms. The summed E-state index contributed by atoms with van der Waals surface area (Å²) in [5, 5.41) is 21.1. The summed E-state index contributed by atoms with van der Waals surface area (Å²) in [6.45, 7) is 0.119. The fourth-order valence-electron chi connectivity index (χ4n) is 3.70. The predicted molar refractivity (Wildman–Crippen MR) is 113 cm³/mol. The van der Waals surface area contributed by atoms with Crippen molar-refractivity contribution < 1.29 is 24.5 Å². The molecule has 0 aliphatic carbocycles. The fraction of sp³-hybridized carbons (Fsp3) is 0.125. The lowest BCUT2D eigenvalue weighted by Crippen LogP contribution is -2.29. The van der Waals surface area contributed by atoms with Crippen molar-refractivity contribution in [2.75, 3.05) is 7.11 Å². The number of rotatable bonds is 5. The first kappa shape index (κ1) is 20.2. The van der Waals surface area contributed by atoms with Crippen molar-refractivity contribution in [3.05, 3.63) is 95.3 Å². The molecule has 1 aliphatic heterocycles. The van der Waals surface area contributed by atoms with Gasteiger partial charge in [0, 0.05) is 24.5 Å². The molecule has 1 atom stereocenters.